The Bertz CT molecular complexity index is 1420. The number of ether oxygens (including phenoxy) is 3. The third kappa shape index (κ3) is 48.4. The van der Waals surface area contributed by atoms with Crippen LogP contribution in [0.3, 0.4) is 0 Å². The third-order valence-electron chi connectivity index (χ3n) is 9.61. The van der Waals surface area contributed by atoms with Crippen LogP contribution >= 0.6 is 0 Å². The minimum atomic E-state index is -0.833. The zero-order valence-electron chi connectivity index (χ0n) is 40.0. The van der Waals surface area contributed by atoms with Gasteiger partial charge in [-0.25, -0.2) is 0 Å². The quantitative estimate of drug-likeness (QED) is 0.0263. The Morgan fingerprint density at radius 2 is 0.651 bits per heavy atom. The summed E-state index contributed by atoms with van der Waals surface area (Å²) < 4.78 is 16.6. The van der Waals surface area contributed by atoms with Crippen molar-refractivity contribution in [2.45, 2.75) is 194 Å². The molecule has 6 heteroatoms. The second-order valence-corrected chi connectivity index (χ2v) is 15.6. The fourth-order valence-electron chi connectivity index (χ4n) is 5.99. The first-order valence-corrected chi connectivity index (χ1v) is 24.7. The summed E-state index contributed by atoms with van der Waals surface area (Å²) >= 11 is 0. The van der Waals surface area contributed by atoms with Crippen molar-refractivity contribution in [3.05, 3.63) is 134 Å². The van der Waals surface area contributed by atoms with Crippen LogP contribution in [0.25, 0.3) is 0 Å². The molecule has 1 unspecified atom stereocenters. The molecule has 0 saturated heterocycles. The normalized spacial score (nSPS) is 13.3. The van der Waals surface area contributed by atoms with Gasteiger partial charge in [0.2, 0.25) is 0 Å². The number of esters is 3. The smallest absolute Gasteiger partial charge is 0.306 e. The summed E-state index contributed by atoms with van der Waals surface area (Å²) in [6, 6.07) is 0. The van der Waals surface area contributed by atoms with Crippen LogP contribution < -0.4 is 0 Å². The molecule has 0 amide bonds. The van der Waals surface area contributed by atoms with Gasteiger partial charge in [-0.2, -0.15) is 0 Å². The zero-order chi connectivity index (χ0) is 45.8. The second kappa shape index (κ2) is 50.2. The Morgan fingerprint density at radius 1 is 0.333 bits per heavy atom. The molecule has 0 bridgehead atoms. The number of carbonyl (C=O) groups is 3. The van der Waals surface area contributed by atoms with Crippen molar-refractivity contribution in [3.63, 3.8) is 0 Å². The standard InChI is InChI=1S/C57H88O6/c1-4-7-10-13-16-19-22-25-26-27-28-29-30-33-35-38-41-44-47-50-56(59)62-53-54(63-57(60)51-48-45-42-39-36-32-24-21-18-15-12-9-6-3)52-61-55(58)49-46-43-40-37-34-31-23-20-17-14-11-8-5-2/h7,9-12,14,16,18-21,23,25-26,28-29,32-33,35-36,41,44,54H,4-6,8,13,15,17,22,24,27,30-31,34,37-40,42-43,45-53H2,1-3H3/b10-7-,12-9-,14-11-,19-16-,21-18-,23-20-,26-25-,29-28-,35-33-,36-32-,44-41-. The van der Waals surface area contributed by atoms with Gasteiger partial charge in [0.15, 0.2) is 6.10 Å². The van der Waals surface area contributed by atoms with Crippen LogP contribution in [0.2, 0.25) is 0 Å². The summed E-state index contributed by atoms with van der Waals surface area (Å²) in [7, 11) is 0. The van der Waals surface area contributed by atoms with Crippen LogP contribution in [-0.2, 0) is 28.6 Å². The first-order chi connectivity index (χ1) is 31.0. The number of carbonyl (C=O) groups excluding carboxylic acids is 3. The van der Waals surface area contributed by atoms with E-state index >= 15 is 0 Å². The highest BCUT2D eigenvalue weighted by molar-refractivity contribution is 5.71. The van der Waals surface area contributed by atoms with E-state index in [1.807, 2.05) is 12.2 Å². The zero-order valence-corrected chi connectivity index (χ0v) is 40.0. The average molecular weight is 869 g/mol. The van der Waals surface area contributed by atoms with E-state index in [0.29, 0.717) is 19.3 Å². The van der Waals surface area contributed by atoms with Gasteiger partial charge in [0.05, 0.1) is 0 Å². The van der Waals surface area contributed by atoms with E-state index in [0.717, 1.165) is 128 Å². The maximum Gasteiger partial charge on any atom is 0.306 e. The Kier molecular flexibility index (Phi) is 46.7. The molecule has 0 aliphatic heterocycles. The molecule has 0 radical (unpaired) electrons. The fourth-order valence-corrected chi connectivity index (χ4v) is 5.99. The van der Waals surface area contributed by atoms with E-state index in [4.69, 9.17) is 14.2 Å². The molecule has 0 saturated carbocycles. The Balaban J connectivity index is 4.58. The molecule has 0 heterocycles. The summed E-state index contributed by atoms with van der Waals surface area (Å²) in [5, 5.41) is 0. The van der Waals surface area contributed by atoms with Crippen LogP contribution in [0.4, 0.5) is 0 Å². The molecule has 0 aliphatic rings. The van der Waals surface area contributed by atoms with E-state index in [-0.39, 0.29) is 44.0 Å². The molecule has 6 nitrogen and oxygen atoms in total. The van der Waals surface area contributed by atoms with Crippen LogP contribution in [0, 0.1) is 0 Å². The van der Waals surface area contributed by atoms with Crippen molar-refractivity contribution < 1.29 is 28.6 Å². The number of hydrogen-bond donors (Lipinski definition) is 0. The first kappa shape index (κ1) is 58.6. The SMILES string of the molecule is CC/C=C\C/C=C\C/C=C\C/C=C\C/C=C\C/C=C\CCC(=O)OCC(COC(=O)CCCCCCC/C=C\C/C=C\CCC)OC(=O)CCCCC/C=C\C/C=C\C/C=C\CC. The minimum absolute atomic E-state index is 0.126. The molecule has 0 aliphatic carbocycles. The lowest BCUT2D eigenvalue weighted by Crippen LogP contribution is -2.30. The summed E-state index contributed by atoms with van der Waals surface area (Å²) in [6.07, 6.45) is 70.2. The van der Waals surface area contributed by atoms with E-state index in [9.17, 15) is 14.4 Å². The molecular weight excluding hydrogens is 781 g/mol. The van der Waals surface area contributed by atoms with Crippen molar-refractivity contribution in [1.82, 2.24) is 0 Å². The maximum atomic E-state index is 12.8. The lowest BCUT2D eigenvalue weighted by molar-refractivity contribution is -0.166. The molecule has 1 atom stereocenters. The lowest BCUT2D eigenvalue weighted by Gasteiger charge is -2.18. The van der Waals surface area contributed by atoms with E-state index in [1.54, 1.807) is 0 Å². The highest BCUT2D eigenvalue weighted by Gasteiger charge is 2.19. The Morgan fingerprint density at radius 3 is 1.08 bits per heavy atom. The van der Waals surface area contributed by atoms with E-state index < -0.39 is 6.10 Å². The van der Waals surface area contributed by atoms with Gasteiger partial charge in [-0.15, -0.1) is 0 Å². The molecule has 0 aromatic carbocycles. The van der Waals surface area contributed by atoms with Crippen molar-refractivity contribution in [2.24, 2.45) is 0 Å². The van der Waals surface area contributed by atoms with Crippen LogP contribution in [0.1, 0.15) is 188 Å². The van der Waals surface area contributed by atoms with Crippen molar-refractivity contribution >= 4 is 17.9 Å². The number of hydrogen-bond acceptors (Lipinski definition) is 6. The number of allylic oxidation sites excluding steroid dienone is 22. The van der Waals surface area contributed by atoms with Crippen molar-refractivity contribution in [1.29, 1.82) is 0 Å². The lowest BCUT2D eigenvalue weighted by atomic mass is 10.1. The molecule has 0 aromatic rings. The predicted molar refractivity (Wildman–Crippen MR) is 269 cm³/mol. The van der Waals surface area contributed by atoms with Gasteiger partial charge in [-0.1, -0.05) is 187 Å². The van der Waals surface area contributed by atoms with E-state index in [1.165, 1.54) is 6.42 Å². The van der Waals surface area contributed by atoms with E-state index in [2.05, 4.69) is 142 Å². The van der Waals surface area contributed by atoms with Crippen LogP contribution in [-0.4, -0.2) is 37.2 Å². The van der Waals surface area contributed by atoms with Gasteiger partial charge < -0.3 is 14.2 Å². The fraction of sp³-hybridized carbons (Fsp3) is 0.561. The van der Waals surface area contributed by atoms with Crippen molar-refractivity contribution in [3.8, 4) is 0 Å². The Hall–Kier alpha value is -4.45. The Labute approximate surface area is 385 Å². The summed E-state index contributed by atoms with van der Waals surface area (Å²) in [6.45, 7) is 6.21. The summed E-state index contributed by atoms with van der Waals surface area (Å²) in [5.41, 5.74) is 0. The van der Waals surface area contributed by atoms with Gasteiger partial charge in [-0.3, -0.25) is 14.4 Å². The first-order valence-electron chi connectivity index (χ1n) is 24.7. The summed E-state index contributed by atoms with van der Waals surface area (Å²) in [4.78, 5) is 37.9. The number of unbranched alkanes of at least 4 members (excludes halogenated alkanes) is 9. The highest BCUT2D eigenvalue weighted by atomic mass is 16.6. The van der Waals surface area contributed by atoms with Gasteiger partial charge >= 0.3 is 17.9 Å². The largest absolute Gasteiger partial charge is 0.462 e. The molecule has 0 aromatic heterocycles. The molecule has 0 rings (SSSR count). The topological polar surface area (TPSA) is 78.9 Å². The van der Waals surface area contributed by atoms with Gasteiger partial charge in [0.1, 0.15) is 13.2 Å². The van der Waals surface area contributed by atoms with Crippen molar-refractivity contribution in [2.75, 3.05) is 13.2 Å². The average Bonchev–Trinajstić information content (AvgIpc) is 3.28. The molecule has 63 heavy (non-hydrogen) atoms. The van der Waals surface area contributed by atoms with Gasteiger partial charge in [-0.05, 0) is 116 Å². The molecule has 0 spiro atoms. The maximum absolute atomic E-state index is 12.8. The van der Waals surface area contributed by atoms with Crippen LogP contribution in [0.5, 0.6) is 0 Å². The molecule has 0 N–H and O–H groups in total. The molecular formula is C57H88O6. The number of rotatable bonds is 42. The molecule has 352 valence electrons. The summed E-state index contributed by atoms with van der Waals surface area (Å²) in [5.74, 6) is -1.07. The second-order valence-electron chi connectivity index (χ2n) is 15.6. The van der Waals surface area contributed by atoms with Gasteiger partial charge in [0, 0.05) is 19.3 Å². The predicted octanol–water partition coefficient (Wildman–Crippen LogP) is 16.3. The monoisotopic (exact) mass is 869 g/mol. The molecule has 0 fully saturated rings. The minimum Gasteiger partial charge on any atom is -0.462 e. The van der Waals surface area contributed by atoms with Gasteiger partial charge in [0.25, 0.3) is 0 Å². The third-order valence-corrected chi connectivity index (χ3v) is 9.61. The van der Waals surface area contributed by atoms with Crippen LogP contribution in [0.15, 0.2) is 134 Å². The highest BCUT2D eigenvalue weighted by Crippen LogP contribution is 2.11.